The second-order valence-electron chi connectivity index (χ2n) is 7.58. The Kier molecular flexibility index (Phi) is 6.43. The number of methoxy groups -OCH3 is 1. The van der Waals surface area contributed by atoms with E-state index in [4.69, 9.17) is 4.74 Å². The van der Waals surface area contributed by atoms with Crippen molar-refractivity contribution in [3.63, 3.8) is 0 Å². The summed E-state index contributed by atoms with van der Waals surface area (Å²) in [5.41, 5.74) is 2.99. The summed E-state index contributed by atoms with van der Waals surface area (Å²) in [5, 5.41) is 4.61. The van der Waals surface area contributed by atoms with E-state index >= 15 is 0 Å². The zero-order valence-corrected chi connectivity index (χ0v) is 19.3. The number of ketones is 1. The highest BCUT2D eigenvalue weighted by atomic mass is 32.2. The van der Waals surface area contributed by atoms with Gasteiger partial charge in [-0.3, -0.25) is 4.79 Å². The number of ether oxygens (including phenoxy) is 1. The van der Waals surface area contributed by atoms with Crippen molar-refractivity contribution in [3.8, 4) is 22.7 Å². The van der Waals surface area contributed by atoms with Crippen LogP contribution in [0.3, 0.4) is 0 Å². The van der Waals surface area contributed by atoms with E-state index < -0.39 is 9.84 Å². The van der Waals surface area contributed by atoms with E-state index in [1.807, 2.05) is 0 Å². The number of carbonyl (C=O) groups excluding carboxylic acids is 1. The Morgan fingerprint density at radius 2 is 1.62 bits per heavy atom. The first-order valence-corrected chi connectivity index (χ1v) is 12.2. The Labute approximate surface area is 196 Å². The van der Waals surface area contributed by atoms with Gasteiger partial charge in [-0.15, -0.1) is 0 Å². The van der Waals surface area contributed by atoms with Crippen LogP contribution in [0, 0.1) is 5.82 Å². The number of rotatable bonds is 7. The number of benzene rings is 3. The van der Waals surface area contributed by atoms with Crippen LogP contribution in [0.1, 0.15) is 15.9 Å². The van der Waals surface area contributed by atoms with E-state index in [0.29, 0.717) is 33.8 Å². The molecule has 0 bridgehead atoms. The van der Waals surface area contributed by atoms with Gasteiger partial charge in [0.25, 0.3) is 0 Å². The molecule has 0 unspecified atom stereocenters. The van der Waals surface area contributed by atoms with Crippen LogP contribution < -0.4 is 4.74 Å². The molecule has 0 aliphatic heterocycles. The van der Waals surface area contributed by atoms with E-state index in [1.165, 1.54) is 30.3 Å². The first-order valence-electron chi connectivity index (χ1n) is 10.3. The summed E-state index contributed by atoms with van der Waals surface area (Å²) in [7, 11) is -1.78. The number of hydrogen-bond acceptors (Lipinski definition) is 5. The Morgan fingerprint density at radius 1 is 0.971 bits per heavy atom. The highest BCUT2D eigenvalue weighted by Gasteiger charge is 2.13. The number of halogens is 1. The van der Waals surface area contributed by atoms with Crippen LogP contribution >= 0.6 is 0 Å². The lowest BCUT2D eigenvalue weighted by atomic mass is 10.1. The van der Waals surface area contributed by atoms with Gasteiger partial charge in [0.2, 0.25) is 0 Å². The minimum Gasteiger partial charge on any atom is -0.497 e. The quantitative estimate of drug-likeness (QED) is 0.278. The van der Waals surface area contributed by atoms with Crippen LogP contribution in [0.25, 0.3) is 23.0 Å². The van der Waals surface area contributed by atoms with Crippen LogP contribution in [0.4, 0.5) is 4.39 Å². The monoisotopic (exact) mass is 476 g/mol. The van der Waals surface area contributed by atoms with Crippen LogP contribution in [-0.2, 0) is 9.84 Å². The molecule has 3 aromatic carbocycles. The third-order valence-electron chi connectivity index (χ3n) is 5.18. The van der Waals surface area contributed by atoms with Gasteiger partial charge in [0.05, 0.1) is 23.4 Å². The number of sulfone groups is 1. The third-order valence-corrected chi connectivity index (χ3v) is 6.31. The standard InChI is InChI=1S/C26H21FN2O4S/c1-33-23-12-3-18(4-13-23)25(30)16-7-20-17-29(22-10-8-21(27)9-11-22)28-26(20)19-5-14-24(15-6-19)34(2,31)32/h3-17H,1-2H3/b16-7+. The Bertz CT molecular complexity index is 1450. The van der Waals surface area contributed by atoms with Gasteiger partial charge in [0.15, 0.2) is 15.6 Å². The maximum Gasteiger partial charge on any atom is 0.185 e. The average molecular weight is 477 g/mol. The first kappa shape index (κ1) is 23.1. The molecule has 0 saturated carbocycles. The molecule has 0 spiro atoms. The van der Waals surface area contributed by atoms with Crippen LogP contribution in [-0.4, -0.2) is 37.3 Å². The Hall–Kier alpha value is -4.04. The van der Waals surface area contributed by atoms with Crippen molar-refractivity contribution in [2.24, 2.45) is 0 Å². The maximum absolute atomic E-state index is 13.4. The molecule has 0 aliphatic rings. The highest BCUT2D eigenvalue weighted by Crippen LogP contribution is 2.26. The molecule has 0 aliphatic carbocycles. The molecular weight excluding hydrogens is 455 g/mol. The molecule has 0 amide bonds. The maximum atomic E-state index is 13.4. The van der Waals surface area contributed by atoms with E-state index in [0.717, 1.165) is 6.26 Å². The lowest BCUT2D eigenvalue weighted by Crippen LogP contribution is -1.97. The number of nitrogens with zero attached hydrogens (tertiary/aromatic N) is 2. The molecule has 0 radical (unpaired) electrons. The summed E-state index contributed by atoms with van der Waals surface area (Å²) >= 11 is 0. The van der Waals surface area contributed by atoms with Crippen molar-refractivity contribution in [3.05, 3.63) is 102 Å². The summed E-state index contributed by atoms with van der Waals surface area (Å²) in [5.74, 6) is 0.0918. The lowest BCUT2D eigenvalue weighted by molar-refractivity contribution is 0.104. The largest absolute Gasteiger partial charge is 0.497 e. The molecular formula is C26H21FN2O4S. The second kappa shape index (κ2) is 9.44. The van der Waals surface area contributed by atoms with Gasteiger partial charge in [-0.25, -0.2) is 17.5 Å². The minimum absolute atomic E-state index is 0.195. The van der Waals surface area contributed by atoms with Crippen LogP contribution in [0.15, 0.2) is 90.0 Å². The summed E-state index contributed by atoms with van der Waals surface area (Å²) < 4.78 is 43.7. The smallest absolute Gasteiger partial charge is 0.185 e. The molecule has 1 aromatic heterocycles. The Morgan fingerprint density at radius 3 is 2.21 bits per heavy atom. The molecule has 8 heteroatoms. The summed E-state index contributed by atoms with van der Waals surface area (Å²) in [4.78, 5) is 12.9. The van der Waals surface area contributed by atoms with Crippen molar-refractivity contribution in [2.75, 3.05) is 13.4 Å². The average Bonchev–Trinajstić information content (AvgIpc) is 3.27. The van der Waals surface area contributed by atoms with Crippen molar-refractivity contribution >= 4 is 21.7 Å². The highest BCUT2D eigenvalue weighted by molar-refractivity contribution is 7.90. The predicted octanol–water partition coefficient (Wildman–Crippen LogP) is 4.99. The summed E-state index contributed by atoms with van der Waals surface area (Å²) in [6, 6.07) is 19.0. The third kappa shape index (κ3) is 5.13. The fraction of sp³-hybridized carbons (Fsp3) is 0.0769. The van der Waals surface area contributed by atoms with Crippen molar-refractivity contribution in [1.29, 1.82) is 0 Å². The van der Waals surface area contributed by atoms with E-state index in [1.54, 1.807) is 72.6 Å². The van der Waals surface area contributed by atoms with Crippen molar-refractivity contribution in [2.45, 2.75) is 4.90 Å². The molecule has 6 nitrogen and oxygen atoms in total. The van der Waals surface area contributed by atoms with Gasteiger partial charge >= 0.3 is 0 Å². The zero-order valence-electron chi connectivity index (χ0n) is 18.5. The molecule has 0 saturated heterocycles. The topological polar surface area (TPSA) is 78.3 Å². The second-order valence-corrected chi connectivity index (χ2v) is 9.59. The van der Waals surface area contributed by atoms with E-state index in [2.05, 4.69) is 5.10 Å². The molecule has 0 fully saturated rings. The summed E-state index contributed by atoms with van der Waals surface area (Å²) in [6.07, 6.45) is 5.97. The van der Waals surface area contributed by atoms with E-state index in [-0.39, 0.29) is 16.5 Å². The number of hydrogen-bond donors (Lipinski definition) is 0. The number of aromatic nitrogens is 2. The molecule has 4 rings (SSSR count). The zero-order chi connectivity index (χ0) is 24.3. The number of carbonyl (C=O) groups is 1. The minimum atomic E-state index is -3.34. The fourth-order valence-corrected chi connectivity index (χ4v) is 3.97. The first-order chi connectivity index (χ1) is 16.2. The van der Waals surface area contributed by atoms with Gasteiger partial charge in [-0.05, 0) is 72.8 Å². The Balaban J connectivity index is 1.72. The lowest BCUT2D eigenvalue weighted by Gasteiger charge is -2.03. The predicted molar refractivity (Wildman–Crippen MR) is 128 cm³/mol. The molecule has 0 N–H and O–H groups in total. The van der Waals surface area contributed by atoms with Gasteiger partial charge in [-0.1, -0.05) is 12.1 Å². The molecule has 1 heterocycles. The molecule has 34 heavy (non-hydrogen) atoms. The summed E-state index contributed by atoms with van der Waals surface area (Å²) in [6.45, 7) is 0. The molecule has 0 atom stereocenters. The molecule has 4 aromatic rings. The normalized spacial score (nSPS) is 11.6. The molecule has 172 valence electrons. The van der Waals surface area contributed by atoms with Gasteiger partial charge in [0, 0.05) is 29.1 Å². The van der Waals surface area contributed by atoms with Crippen LogP contribution in [0.5, 0.6) is 5.75 Å². The van der Waals surface area contributed by atoms with Gasteiger partial charge in [-0.2, -0.15) is 5.10 Å². The van der Waals surface area contributed by atoms with E-state index in [9.17, 15) is 17.6 Å². The SMILES string of the molecule is COc1ccc(C(=O)/C=C/c2cn(-c3ccc(F)cc3)nc2-c2ccc(S(C)(=O)=O)cc2)cc1. The fourth-order valence-electron chi connectivity index (χ4n) is 3.34. The van der Waals surface area contributed by atoms with Gasteiger partial charge < -0.3 is 4.74 Å². The van der Waals surface area contributed by atoms with Crippen LogP contribution in [0.2, 0.25) is 0 Å². The van der Waals surface area contributed by atoms with Crippen molar-refractivity contribution < 1.29 is 22.3 Å². The van der Waals surface area contributed by atoms with Gasteiger partial charge in [0.1, 0.15) is 11.6 Å². The number of allylic oxidation sites excluding steroid dienone is 1. The van der Waals surface area contributed by atoms with Crippen molar-refractivity contribution in [1.82, 2.24) is 9.78 Å².